The summed E-state index contributed by atoms with van der Waals surface area (Å²) in [4.78, 5) is 8.38. The number of benzene rings is 1. The van der Waals surface area contributed by atoms with Gasteiger partial charge < -0.3 is 10.1 Å². The standard InChI is InChI=1S/C16H21N3O/c1-4-8-18-16(15-7-9-17-11-19-15)14-6-5-13(20-3)10-12(14)2/h5-7,9-11,16,18H,4,8H2,1-3H3. The molecule has 2 aromatic rings. The first-order valence-corrected chi connectivity index (χ1v) is 6.90. The number of ether oxygens (including phenoxy) is 1. The zero-order valence-corrected chi connectivity index (χ0v) is 12.3. The molecular formula is C16H21N3O. The van der Waals surface area contributed by atoms with Gasteiger partial charge in [-0.1, -0.05) is 13.0 Å². The molecule has 0 aliphatic rings. The summed E-state index contributed by atoms with van der Waals surface area (Å²) in [5.74, 6) is 0.878. The van der Waals surface area contributed by atoms with Crippen LogP contribution in [0, 0.1) is 6.92 Å². The van der Waals surface area contributed by atoms with E-state index < -0.39 is 0 Å². The summed E-state index contributed by atoms with van der Waals surface area (Å²) in [7, 11) is 1.69. The summed E-state index contributed by atoms with van der Waals surface area (Å²) in [5.41, 5.74) is 3.40. The second kappa shape index (κ2) is 7.01. The van der Waals surface area contributed by atoms with E-state index in [1.807, 2.05) is 12.1 Å². The largest absolute Gasteiger partial charge is 0.497 e. The Morgan fingerprint density at radius 2 is 2.15 bits per heavy atom. The second-order valence-corrected chi connectivity index (χ2v) is 4.74. The van der Waals surface area contributed by atoms with E-state index in [9.17, 15) is 0 Å². The van der Waals surface area contributed by atoms with Gasteiger partial charge in [0.05, 0.1) is 18.8 Å². The average molecular weight is 271 g/mol. The summed E-state index contributed by atoms with van der Waals surface area (Å²) in [6, 6.07) is 8.19. The summed E-state index contributed by atoms with van der Waals surface area (Å²) in [5, 5.41) is 3.55. The summed E-state index contributed by atoms with van der Waals surface area (Å²) in [6.07, 6.45) is 4.45. The molecule has 0 spiro atoms. The van der Waals surface area contributed by atoms with Gasteiger partial charge in [0.25, 0.3) is 0 Å². The quantitative estimate of drug-likeness (QED) is 0.877. The van der Waals surface area contributed by atoms with Crippen LogP contribution < -0.4 is 10.1 Å². The number of aromatic nitrogens is 2. The lowest BCUT2D eigenvalue weighted by Crippen LogP contribution is -2.24. The maximum atomic E-state index is 5.27. The number of aryl methyl sites for hydroxylation is 1. The molecule has 1 atom stereocenters. The van der Waals surface area contributed by atoms with E-state index in [-0.39, 0.29) is 6.04 Å². The van der Waals surface area contributed by atoms with Crippen molar-refractivity contribution in [1.82, 2.24) is 15.3 Å². The lowest BCUT2D eigenvalue weighted by molar-refractivity contribution is 0.414. The first-order valence-electron chi connectivity index (χ1n) is 6.90. The third kappa shape index (κ3) is 3.33. The monoisotopic (exact) mass is 271 g/mol. The summed E-state index contributed by atoms with van der Waals surface area (Å²) in [6.45, 7) is 5.20. The van der Waals surface area contributed by atoms with Crippen molar-refractivity contribution in [3.63, 3.8) is 0 Å². The molecule has 20 heavy (non-hydrogen) atoms. The van der Waals surface area contributed by atoms with Gasteiger partial charge in [-0.15, -0.1) is 0 Å². The molecule has 4 heteroatoms. The Kier molecular flexibility index (Phi) is 5.07. The molecule has 1 heterocycles. The molecule has 4 nitrogen and oxygen atoms in total. The molecule has 0 bridgehead atoms. The minimum absolute atomic E-state index is 0.0869. The molecule has 0 saturated carbocycles. The van der Waals surface area contributed by atoms with E-state index in [2.05, 4.69) is 41.3 Å². The SMILES string of the molecule is CCCNC(c1ccncn1)c1ccc(OC)cc1C. The van der Waals surface area contributed by atoms with E-state index in [1.165, 1.54) is 11.1 Å². The third-order valence-corrected chi connectivity index (χ3v) is 3.29. The molecule has 1 N–H and O–H groups in total. The first kappa shape index (κ1) is 14.5. The molecule has 1 aromatic carbocycles. The van der Waals surface area contributed by atoms with Gasteiger partial charge in [-0.3, -0.25) is 0 Å². The van der Waals surface area contributed by atoms with Crippen LogP contribution in [0.4, 0.5) is 0 Å². The number of nitrogens with one attached hydrogen (secondary N) is 1. The minimum atomic E-state index is 0.0869. The van der Waals surface area contributed by atoms with Gasteiger partial charge in [0.15, 0.2) is 0 Å². The molecule has 0 aliphatic carbocycles. The first-order chi connectivity index (χ1) is 9.76. The van der Waals surface area contributed by atoms with Gasteiger partial charge in [0.2, 0.25) is 0 Å². The lowest BCUT2D eigenvalue weighted by Gasteiger charge is -2.20. The number of rotatable bonds is 6. The van der Waals surface area contributed by atoms with E-state index in [0.717, 1.165) is 24.4 Å². The van der Waals surface area contributed by atoms with Gasteiger partial charge in [-0.25, -0.2) is 9.97 Å². The Labute approximate surface area is 120 Å². The predicted octanol–water partition coefficient (Wildman–Crippen LogP) is 2.88. The third-order valence-electron chi connectivity index (χ3n) is 3.29. The van der Waals surface area contributed by atoms with Crippen molar-refractivity contribution in [2.24, 2.45) is 0 Å². The Hall–Kier alpha value is -1.94. The molecule has 0 amide bonds. The highest BCUT2D eigenvalue weighted by atomic mass is 16.5. The van der Waals surface area contributed by atoms with Gasteiger partial charge in [-0.05, 0) is 49.2 Å². The Morgan fingerprint density at radius 3 is 2.75 bits per heavy atom. The van der Waals surface area contributed by atoms with Crippen LogP contribution in [0.15, 0.2) is 36.8 Å². The molecule has 2 rings (SSSR count). The van der Waals surface area contributed by atoms with Crippen LogP contribution in [0.5, 0.6) is 5.75 Å². The van der Waals surface area contributed by atoms with Gasteiger partial charge in [0.1, 0.15) is 12.1 Å². The summed E-state index contributed by atoms with van der Waals surface area (Å²) < 4.78 is 5.27. The minimum Gasteiger partial charge on any atom is -0.497 e. The fraction of sp³-hybridized carbons (Fsp3) is 0.375. The number of methoxy groups -OCH3 is 1. The van der Waals surface area contributed by atoms with Crippen LogP contribution in [-0.4, -0.2) is 23.6 Å². The van der Waals surface area contributed by atoms with Crippen molar-refractivity contribution in [2.45, 2.75) is 26.3 Å². The Bertz CT molecular complexity index is 543. The number of hydrogen-bond acceptors (Lipinski definition) is 4. The fourth-order valence-electron chi connectivity index (χ4n) is 2.23. The smallest absolute Gasteiger partial charge is 0.119 e. The Morgan fingerprint density at radius 1 is 1.30 bits per heavy atom. The maximum absolute atomic E-state index is 5.27. The normalized spacial score (nSPS) is 12.2. The van der Waals surface area contributed by atoms with Crippen molar-refractivity contribution in [3.8, 4) is 5.75 Å². The molecule has 1 aromatic heterocycles. The molecule has 0 fully saturated rings. The van der Waals surface area contributed by atoms with E-state index in [0.29, 0.717) is 0 Å². The van der Waals surface area contributed by atoms with Crippen LogP contribution in [0.2, 0.25) is 0 Å². The second-order valence-electron chi connectivity index (χ2n) is 4.74. The van der Waals surface area contributed by atoms with E-state index >= 15 is 0 Å². The van der Waals surface area contributed by atoms with Crippen LogP contribution in [0.25, 0.3) is 0 Å². The van der Waals surface area contributed by atoms with Gasteiger partial charge >= 0.3 is 0 Å². The zero-order chi connectivity index (χ0) is 14.4. The molecule has 1 unspecified atom stereocenters. The van der Waals surface area contributed by atoms with Crippen molar-refractivity contribution in [1.29, 1.82) is 0 Å². The maximum Gasteiger partial charge on any atom is 0.119 e. The highest BCUT2D eigenvalue weighted by Crippen LogP contribution is 2.26. The Balaban J connectivity index is 2.36. The van der Waals surface area contributed by atoms with Gasteiger partial charge in [0, 0.05) is 6.20 Å². The van der Waals surface area contributed by atoms with Crippen molar-refractivity contribution in [2.75, 3.05) is 13.7 Å². The van der Waals surface area contributed by atoms with Crippen LogP contribution in [0.3, 0.4) is 0 Å². The zero-order valence-electron chi connectivity index (χ0n) is 12.3. The van der Waals surface area contributed by atoms with Crippen LogP contribution in [0.1, 0.15) is 36.2 Å². The number of hydrogen-bond donors (Lipinski definition) is 1. The summed E-state index contributed by atoms with van der Waals surface area (Å²) >= 11 is 0. The van der Waals surface area contributed by atoms with E-state index in [4.69, 9.17) is 4.74 Å². The van der Waals surface area contributed by atoms with Crippen LogP contribution >= 0.6 is 0 Å². The van der Waals surface area contributed by atoms with Crippen LogP contribution in [-0.2, 0) is 0 Å². The fourth-order valence-corrected chi connectivity index (χ4v) is 2.23. The molecule has 0 saturated heterocycles. The molecule has 0 radical (unpaired) electrons. The molecule has 0 aliphatic heterocycles. The molecular weight excluding hydrogens is 250 g/mol. The lowest BCUT2D eigenvalue weighted by atomic mass is 9.98. The van der Waals surface area contributed by atoms with E-state index in [1.54, 1.807) is 19.6 Å². The highest BCUT2D eigenvalue weighted by Gasteiger charge is 2.16. The number of nitrogens with zero attached hydrogens (tertiary/aromatic N) is 2. The van der Waals surface area contributed by atoms with Gasteiger partial charge in [-0.2, -0.15) is 0 Å². The van der Waals surface area contributed by atoms with Crippen molar-refractivity contribution in [3.05, 3.63) is 53.6 Å². The molecule has 106 valence electrons. The van der Waals surface area contributed by atoms with Crippen molar-refractivity contribution < 1.29 is 4.74 Å². The van der Waals surface area contributed by atoms with Crippen molar-refractivity contribution >= 4 is 0 Å². The highest BCUT2D eigenvalue weighted by molar-refractivity contribution is 5.39. The average Bonchev–Trinajstić information content (AvgIpc) is 2.50. The predicted molar refractivity (Wildman–Crippen MR) is 79.9 cm³/mol. The topological polar surface area (TPSA) is 47.0 Å².